The van der Waals surface area contributed by atoms with Crippen LogP contribution in [0.5, 0.6) is 11.5 Å². The topological polar surface area (TPSA) is 59.1 Å². The van der Waals surface area contributed by atoms with Crippen LogP contribution in [0.3, 0.4) is 0 Å². The molecule has 3 rings (SSSR count). The van der Waals surface area contributed by atoms with Gasteiger partial charge in [-0.15, -0.1) is 0 Å². The quantitative estimate of drug-likeness (QED) is 0.838. The highest BCUT2D eigenvalue weighted by Crippen LogP contribution is 2.32. The van der Waals surface area contributed by atoms with Gasteiger partial charge in [0.2, 0.25) is 5.91 Å². The minimum Gasteiger partial charge on any atom is -0.493 e. The van der Waals surface area contributed by atoms with Gasteiger partial charge in [0.1, 0.15) is 0 Å². The minimum atomic E-state index is -0.0147. The number of rotatable bonds is 4. The first-order valence-corrected chi connectivity index (χ1v) is 8.85. The summed E-state index contributed by atoms with van der Waals surface area (Å²) in [6, 6.07) is 3.57. The molecule has 1 aromatic rings. The summed E-state index contributed by atoms with van der Waals surface area (Å²) < 4.78 is 10.6. The number of carbonyl (C=O) groups excluding carboxylic acids is 2. The Bertz CT molecular complexity index is 670. The molecule has 1 aliphatic carbocycles. The van der Waals surface area contributed by atoms with Crippen LogP contribution >= 0.6 is 0 Å². The Morgan fingerprint density at radius 2 is 1.56 bits per heavy atom. The number of carbonyl (C=O) groups is 2. The highest BCUT2D eigenvalue weighted by Gasteiger charge is 2.34. The van der Waals surface area contributed by atoms with Crippen LogP contribution in [0.25, 0.3) is 0 Å². The molecule has 1 saturated carbocycles. The molecule has 0 atom stereocenters. The van der Waals surface area contributed by atoms with Crippen LogP contribution in [0, 0.1) is 12.8 Å². The molecule has 25 heavy (non-hydrogen) atoms. The number of benzene rings is 1. The Morgan fingerprint density at radius 1 is 0.960 bits per heavy atom. The predicted octanol–water partition coefficient (Wildman–Crippen LogP) is 2.10. The molecule has 2 amide bonds. The van der Waals surface area contributed by atoms with E-state index in [1.807, 2.05) is 22.8 Å². The van der Waals surface area contributed by atoms with Crippen molar-refractivity contribution >= 4 is 11.8 Å². The second-order valence-corrected chi connectivity index (χ2v) is 6.77. The first-order chi connectivity index (χ1) is 12.0. The Labute approximate surface area is 148 Å². The lowest BCUT2D eigenvalue weighted by Crippen LogP contribution is -2.38. The summed E-state index contributed by atoms with van der Waals surface area (Å²) in [5.41, 5.74) is 1.48. The Kier molecular flexibility index (Phi) is 5.16. The number of nitrogens with zero attached hydrogens (tertiary/aromatic N) is 2. The summed E-state index contributed by atoms with van der Waals surface area (Å²) in [6.07, 6.45) is 2.85. The van der Waals surface area contributed by atoms with Gasteiger partial charge in [-0.2, -0.15) is 0 Å². The van der Waals surface area contributed by atoms with E-state index in [4.69, 9.17) is 9.47 Å². The number of amides is 2. The van der Waals surface area contributed by atoms with Crippen LogP contribution in [0.15, 0.2) is 12.1 Å². The molecule has 2 aliphatic rings. The molecule has 2 fully saturated rings. The average molecular weight is 346 g/mol. The van der Waals surface area contributed by atoms with Crippen molar-refractivity contribution in [3.63, 3.8) is 0 Å². The SMILES string of the molecule is COc1cc(C)c(C(=O)N2CCCN(C(=O)C3CC3)CC2)cc1OC. The number of hydrogen-bond donors (Lipinski definition) is 0. The lowest BCUT2D eigenvalue weighted by atomic mass is 10.1. The van der Waals surface area contributed by atoms with E-state index in [0.29, 0.717) is 36.7 Å². The van der Waals surface area contributed by atoms with Gasteiger partial charge >= 0.3 is 0 Å². The molecular weight excluding hydrogens is 320 g/mol. The van der Waals surface area contributed by atoms with Gasteiger partial charge in [-0.1, -0.05) is 0 Å². The highest BCUT2D eigenvalue weighted by atomic mass is 16.5. The Balaban J connectivity index is 1.73. The van der Waals surface area contributed by atoms with Crippen molar-refractivity contribution in [1.29, 1.82) is 0 Å². The third-order valence-electron chi connectivity index (χ3n) is 4.98. The zero-order valence-corrected chi connectivity index (χ0v) is 15.2. The molecule has 0 spiro atoms. The first kappa shape index (κ1) is 17.6. The van der Waals surface area contributed by atoms with Gasteiger partial charge in [-0.05, 0) is 43.9 Å². The highest BCUT2D eigenvalue weighted by molar-refractivity contribution is 5.96. The molecule has 136 valence electrons. The normalized spacial score (nSPS) is 17.9. The van der Waals surface area contributed by atoms with Crippen molar-refractivity contribution in [2.75, 3.05) is 40.4 Å². The van der Waals surface area contributed by atoms with Crippen molar-refractivity contribution in [2.24, 2.45) is 5.92 Å². The van der Waals surface area contributed by atoms with E-state index in [1.54, 1.807) is 20.3 Å². The van der Waals surface area contributed by atoms with Crippen LogP contribution < -0.4 is 9.47 Å². The maximum atomic E-state index is 13.0. The molecule has 1 aliphatic heterocycles. The molecule has 1 heterocycles. The van der Waals surface area contributed by atoms with Crippen molar-refractivity contribution < 1.29 is 19.1 Å². The van der Waals surface area contributed by atoms with E-state index in [2.05, 4.69) is 0 Å². The zero-order chi connectivity index (χ0) is 18.0. The second kappa shape index (κ2) is 7.33. The monoisotopic (exact) mass is 346 g/mol. The molecular formula is C19H26N2O4. The molecule has 1 aromatic carbocycles. The minimum absolute atomic E-state index is 0.0147. The van der Waals surface area contributed by atoms with E-state index in [9.17, 15) is 9.59 Å². The summed E-state index contributed by atoms with van der Waals surface area (Å²) >= 11 is 0. The van der Waals surface area contributed by atoms with Crippen molar-refractivity contribution in [1.82, 2.24) is 9.80 Å². The maximum Gasteiger partial charge on any atom is 0.254 e. The molecule has 0 aromatic heterocycles. The molecule has 0 bridgehead atoms. The van der Waals surface area contributed by atoms with Crippen LogP contribution in [-0.4, -0.2) is 62.0 Å². The fraction of sp³-hybridized carbons (Fsp3) is 0.579. The summed E-state index contributed by atoms with van der Waals surface area (Å²) in [4.78, 5) is 29.0. The smallest absolute Gasteiger partial charge is 0.254 e. The fourth-order valence-electron chi connectivity index (χ4n) is 3.31. The lowest BCUT2D eigenvalue weighted by molar-refractivity contribution is -0.132. The van der Waals surface area contributed by atoms with Crippen LogP contribution in [-0.2, 0) is 4.79 Å². The van der Waals surface area contributed by atoms with E-state index in [1.165, 1.54) is 0 Å². The average Bonchev–Trinajstić information content (AvgIpc) is 3.46. The summed E-state index contributed by atoms with van der Waals surface area (Å²) in [6.45, 7) is 4.50. The molecule has 0 radical (unpaired) electrons. The number of hydrogen-bond acceptors (Lipinski definition) is 4. The van der Waals surface area contributed by atoms with E-state index >= 15 is 0 Å². The van der Waals surface area contributed by atoms with Crippen LogP contribution in [0.4, 0.5) is 0 Å². The second-order valence-electron chi connectivity index (χ2n) is 6.77. The largest absolute Gasteiger partial charge is 0.493 e. The third-order valence-corrected chi connectivity index (χ3v) is 4.98. The van der Waals surface area contributed by atoms with E-state index < -0.39 is 0 Å². The lowest BCUT2D eigenvalue weighted by Gasteiger charge is -2.23. The summed E-state index contributed by atoms with van der Waals surface area (Å²) in [5, 5.41) is 0. The zero-order valence-electron chi connectivity index (χ0n) is 15.2. The Morgan fingerprint density at radius 3 is 2.20 bits per heavy atom. The fourth-order valence-corrected chi connectivity index (χ4v) is 3.31. The standard InChI is InChI=1S/C19H26N2O4/c1-13-11-16(24-2)17(25-3)12-15(13)19(23)21-8-4-7-20(9-10-21)18(22)14-5-6-14/h11-12,14H,4-10H2,1-3H3. The number of ether oxygens (including phenoxy) is 2. The molecule has 6 nitrogen and oxygen atoms in total. The van der Waals surface area contributed by atoms with Gasteiger partial charge in [0.15, 0.2) is 11.5 Å². The third kappa shape index (κ3) is 3.72. The molecule has 0 N–H and O–H groups in total. The number of aryl methyl sites for hydroxylation is 1. The number of methoxy groups -OCH3 is 2. The van der Waals surface area contributed by atoms with Gasteiger partial charge in [0.25, 0.3) is 5.91 Å². The van der Waals surface area contributed by atoms with Gasteiger partial charge in [0.05, 0.1) is 14.2 Å². The maximum absolute atomic E-state index is 13.0. The van der Waals surface area contributed by atoms with Crippen molar-refractivity contribution in [3.05, 3.63) is 23.3 Å². The predicted molar refractivity (Wildman–Crippen MR) is 94.1 cm³/mol. The van der Waals surface area contributed by atoms with Gasteiger partial charge in [0, 0.05) is 37.7 Å². The van der Waals surface area contributed by atoms with Crippen LogP contribution in [0.1, 0.15) is 35.2 Å². The first-order valence-electron chi connectivity index (χ1n) is 8.85. The molecule has 1 saturated heterocycles. The molecule has 6 heteroatoms. The van der Waals surface area contributed by atoms with E-state index in [0.717, 1.165) is 31.4 Å². The Hall–Kier alpha value is -2.24. The van der Waals surface area contributed by atoms with Gasteiger partial charge in [-0.25, -0.2) is 0 Å². The van der Waals surface area contributed by atoms with Gasteiger partial charge < -0.3 is 19.3 Å². The van der Waals surface area contributed by atoms with Crippen molar-refractivity contribution in [3.8, 4) is 11.5 Å². The summed E-state index contributed by atoms with van der Waals surface area (Å²) in [5.74, 6) is 1.65. The van der Waals surface area contributed by atoms with Crippen molar-refractivity contribution in [2.45, 2.75) is 26.2 Å². The molecule has 0 unspecified atom stereocenters. The summed E-state index contributed by atoms with van der Waals surface area (Å²) in [7, 11) is 3.15. The van der Waals surface area contributed by atoms with E-state index in [-0.39, 0.29) is 17.7 Å². The van der Waals surface area contributed by atoms with Crippen LogP contribution in [0.2, 0.25) is 0 Å². The van der Waals surface area contributed by atoms with Gasteiger partial charge in [-0.3, -0.25) is 9.59 Å².